The molecule has 10 heteroatoms. The van der Waals surface area contributed by atoms with Crippen molar-refractivity contribution < 1.29 is 26.3 Å². The van der Waals surface area contributed by atoms with E-state index in [9.17, 15) is 21.6 Å². The number of hydrogen-bond acceptors (Lipinski definition) is 5. The standard InChI is InChI=1S/C10H15F3N2O3S2/c1-7-4-9(19-8(7)5-14)20(16,17)15-2-3-18-6-10(11,12)13/h4,15H,2-3,5-6,14H2,1H3. The summed E-state index contributed by atoms with van der Waals surface area (Å²) in [6, 6.07) is 1.48. The minimum Gasteiger partial charge on any atom is -0.371 e. The van der Waals surface area contributed by atoms with Crippen LogP contribution < -0.4 is 10.5 Å². The van der Waals surface area contributed by atoms with Crippen LogP contribution in [0.3, 0.4) is 0 Å². The van der Waals surface area contributed by atoms with E-state index in [-0.39, 0.29) is 23.9 Å². The second kappa shape index (κ2) is 6.85. The van der Waals surface area contributed by atoms with Gasteiger partial charge < -0.3 is 10.5 Å². The normalized spacial score (nSPS) is 12.8. The molecular weight excluding hydrogens is 317 g/mol. The van der Waals surface area contributed by atoms with Gasteiger partial charge in [0.15, 0.2) is 0 Å². The summed E-state index contributed by atoms with van der Waals surface area (Å²) in [6.07, 6.45) is -4.42. The summed E-state index contributed by atoms with van der Waals surface area (Å²) < 4.78 is 65.7. The molecule has 116 valence electrons. The van der Waals surface area contributed by atoms with Crippen LogP contribution in [-0.4, -0.2) is 34.4 Å². The highest BCUT2D eigenvalue weighted by Crippen LogP contribution is 2.25. The lowest BCUT2D eigenvalue weighted by Gasteiger charge is -2.08. The van der Waals surface area contributed by atoms with Gasteiger partial charge in [-0.15, -0.1) is 11.3 Å². The molecule has 0 spiro atoms. The van der Waals surface area contributed by atoms with E-state index >= 15 is 0 Å². The first-order chi connectivity index (χ1) is 9.15. The molecule has 0 aliphatic heterocycles. The Morgan fingerprint density at radius 3 is 2.60 bits per heavy atom. The molecule has 0 saturated carbocycles. The van der Waals surface area contributed by atoms with Crippen LogP contribution in [0, 0.1) is 6.92 Å². The molecule has 0 saturated heterocycles. The topological polar surface area (TPSA) is 81.4 Å². The van der Waals surface area contributed by atoms with E-state index in [1.165, 1.54) is 6.07 Å². The molecule has 0 aliphatic carbocycles. The summed E-state index contributed by atoms with van der Waals surface area (Å²) in [7, 11) is -3.74. The van der Waals surface area contributed by atoms with Gasteiger partial charge in [-0.05, 0) is 18.6 Å². The van der Waals surface area contributed by atoms with Crippen LogP contribution in [0.1, 0.15) is 10.4 Å². The maximum Gasteiger partial charge on any atom is 0.411 e. The highest BCUT2D eigenvalue weighted by molar-refractivity contribution is 7.91. The van der Waals surface area contributed by atoms with E-state index in [1.807, 2.05) is 0 Å². The summed E-state index contributed by atoms with van der Waals surface area (Å²) in [5, 5.41) is 0. The van der Waals surface area contributed by atoms with Crippen LogP contribution in [0.4, 0.5) is 13.2 Å². The van der Waals surface area contributed by atoms with Crippen LogP contribution in [0.25, 0.3) is 0 Å². The van der Waals surface area contributed by atoms with Crippen molar-refractivity contribution in [2.24, 2.45) is 5.73 Å². The van der Waals surface area contributed by atoms with Gasteiger partial charge in [-0.2, -0.15) is 13.2 Å². The van der Waals surface area contributed by atoms with Gasteiger partial charge >= 0.3 is 6.18 Å². The molecule has 0 bridgehead atoms. The van der Waals surface area contributed by atoms with E-state index in [0.717, 1.165) is 21.8 Å². The van der Waals surface area contributed by atoms with Crippen molar-refractivity contribution in [3.8, 4) is 0 Å². The Morgan fingerprint density at radius 1 is 1.45 bits per heavy atom. The van der Waals surface area contributed by atoms with E-state index in [0.29, 0.717) is 0 Å². The number of halogens is 3. The average molecular weight is 332 g/mol. The number of nitrogens with one attached hydrogen (secondary N) is 1. The van der Waals surface area contributed by atoms with Crippen molar-refractivity contribution in [2.45, 2.75) is 23.9 Å². The van der Waals surface area contributed by atoms with Crippen LogP contribution >= 0.6 is 11.3 Å². The summed E-state index contributed by atoms with van der Waals surface area (Å²) in [5.74, 6) is 0. The van der Waals surface area contributed by atoms with E-state index < -0.39 is 22.8 Å². The van der Waals surface area contributed by atoms with Gasteiger partial charge in [0.05, 0.1) is 6.61 Å². The molecule has 0 radical (unpaired) electrons. The molecule has 3 N–H and O–H groups in total. The maximum absolute atomic E-state index is 11.9. The number of rotatable bonds is 7. The van der Waals surface area contributed by atoms with Crippen molar-refractivity contribution >= 4 is 21.4 Å². The summed E-state index contributed by atoms with van der Waals surface area (Å²) in [5.41, 5.74) is 6.23. The first-order valence-corrected chi connectivity index (χ1v) is 7.89. The van der Waals surface area contributed by atoms with Crippen molar-refractivity contribution in [1.29, 1.82) is 0 Å². The summed E-state index contributed by atoms with van der Waals surface area (Å²) in [6.45, 7) is -0.00477. The Bertz CT molecular complexity index is 540. The van der Waals surface area contributed by atoms with Crippen LogP contribution in [-0.2, 0) is 21.3 Å². The molecule has 0 atom stereocenters. The lowest BCUT2D eigenvalue weighted by Crippen LogP contribution is -2.28. The zero-order valence-corrected chi connectivity index (χ0v) is 12.3. The highest BCUT2D eigenvalue weighted by Gasteiger charge is 2.27. The zero-order chi connectivity index (χ0) is 15.4. The molecule has 1 aromatic rings. The van der Waals surface area contributed by atoms with Crippen LogP contribution in [0.15, 0.2) is 10.3 Å². The smallest absolute Gasteiger partial charge is 0.371 e. The molecule has 0 fully saturated rings. The summed E-state index contributed by atoms with van der Waals surface area (Å²) in [4.78, 5) is 0.749. The summed E-state index contributed by atoms with van der Waals surface area (Å²) >= 11 is 1.04. The average Bonchev–Trinajstić information content (AvgIpc) is 2.69. The number of ether oxygens (including phenoxy) is 1. The molecule has 0 unspecified atom stereocenters. The number of thiophene rings is 1. The van der Waals surface area contributed by atoms with Gasteiger partial charge in [0, 0.05) is 18.0 Å². The molecule has 5 nitrogen and oxygen atoms in total. The number of aryl methyl sites for hydroxylation is 1. The maximum atomic E-state index is 11.9. The van der Waals surface area contributed by atoms with Gasteiger partial charge in [0.1, 0.15) is 10.8 Å². The minimum absolute atomic E-state index is 0.0891. The second-order valence-corrected chi connectivity index (χ2v) is 7.07. The monoisotopic (exact) mass is 332 g/mol. The molecule has 0 amide bonds. The molecule has 1 aromatic heterocycles. The lowest BCUT2D eigenvalue weighted by atomic mass is 10.3. The predicted octanol–water partition coefficient (Wildman–Crippen LogP) is 1.37. The zero-order valence-electron chi connectivity index (χ0n) is 10.7. The molecule has 1 rings (SSSR count). The fourth-order valence-electron chi connectivity index (χ4n) is 1.33. The Morgan fingerprint density at radius 2 is 2.10 bits per heavy atom. The van der Waals surface area contributed by atoms with Crippen LogP contribution in [0.5, 0.6) is 0 Å². The molecular formula is C10H15F3N2O3S2. The first-order valence-electron chi connectivity index (χ1n) is 5.59. The SMILES string of the molecule is Cc1cc(S(=O)(=O)NCCOCC(F)(F)F)sc1CN. The fraction of sp³-hybridized carbons (Fsp3) is 0.600. The third-order valence-corrected chi connectivity index (χ3v) is 5.45. The van der Waals surface area contributed by atoms with Crippen molar-refractivity contribution in [3.05, 3.63) is 16.5 Å². The Labute approximate surface area is 119 Å². The van der Waals surface area contributed by atoms with E-state index in [4.69, 9.17) is 5.73 Å². The number of alkyl halides is 3. The van der Waals surface area contributed by atoms with Crippen molar-refractivity contribution in [2.75, 3.05) is 19.8 Å². The Kier molecular flexibility index (Phi) is 5.95. The number of hydrogen-bond donors (Lipinski definition) is 2. The minimum atomic E-state index is -4.42. The van der Waals surface area contributed by atoms with Gasteiger partial charge in [0.25, 0.3) is 0 Å². The lowest BCUT2D eigenvalue weighted by molar-refractivity contribution is -0.173. The highest BCUT2D eigenvalue weighted by atomic mass is 32.2. The largest absolute Gasteiger partial charge is 0.411 e. The van der Waals surface area contributed by atoms with Crippen molar-refractivity contribution in [1.82, 2.24) is 4.72 Å². The Hall–Kier alpha value is -0.680. The van der Waals surface area contributed by atoms with Gasteiger partial charge in [-0.1, -0.05) is 0 Å². The molecule has 0 aliphatic rings. The third kappa shape index (κ3) is 5.37. The fourth-order valence-corrected chi connectivity index (χ4v) is 3.86. The van der Waals surface area contributed by atoms with E-state index in [2.05, 4.69) is 9.46 Å². The predicted molar refractivity (Wildman–Crippen MR) is 69.0 cm³/mol. The molecule has 1 heterocycles. The van der Waals surface area contributed by atoms with Gasteiger partial charge in [-0.3, -0.25) is 0 Å². The van der Waals surface area contributed by atoms with Gasteiger partial charge in [0.2, 0.25) is 10.0 Å². The number of nitrogens with two attached hydrogens (primary N) is 1. The second-order valence-electron chi connectivity index (χ2n) is 3.94. The first kappa shape index (κ1) is 17.4. The molecule has 20 heavy (non-hydrogen) atoms. The molecule has 0 aromatic carbocycles. The van der Waals surface area contributed by atoms with E-state index in [1.54, 1.807) is 6.92 Å². The van der Waals surface area contributed by atoms with Crippen LogP contribution in [0.2, 0.25) is 0 Å². The number of sulfonamides is 1. The quantitative estimate of drug-likeness (QED) is 0.739. The Balaban J connectivity index is 2.49. The third-order valence-electron chi connectivity index (χ3n) is 2.25. The van der Waals surface area contributed by atoms with Crippen molar-refractivity contribution in [3.63, 3.8) is 0 Å². The van der Waals surface area contributed by atoms with Gasteiger partial charge in [-0.25, -0.2) is 13.1 Å².